The third kappa shape index (κ3) is 5.25. The second-order valence-electron chi connectivity index (χ2n) is 7.98. The van der Waals surface area contributed by atoms with E-state index in [1.54, 1.807) is 56.7 Å². The number of hydrogen-bond donors (Lipinski definition) is 4. The van der Waals surface area contributed by atoms with E-state index in [1.165, 1.54) is 0 Å². The quantitative estimate of drug-likeness (QED) is 0.311. The number of pyridine rings is 1. The molecule has 0 fully saturated rings. The minimum absolute atomic E-state index is 0. The van der Waals surface area contributed by atoms with Crippen LogP contribution in [0.3, 0.4) is 0 Å². The van der Waals surface area contributed by atoms with Crippen LogP contribution in [-0.4, -0.2) is 47.8 Å². The molecule has 0 radical (unpaired) electrons. The van der Waals surface area contributed by atoms with Crippen molar-refractivity contribution in [2.24, 2.45) is 0 Å². The summed E-state index contributed by atoms with van der Waals surface area (Å²) in [4.78, 5) is 4.25. The summed E-state index contributed by atoms with van der Waals surface area (Å²) in [6.45, 7) is 4.13. The van der Waals surface area contributed by atoms with Crippen molar-refractivity contribution in [2.45, 2.75) is 30.4 Å². The second-order valence-corrected chi connectivity index (χ2v) is 9.70. The van der Waals surface area contributed by atoms with Crippen molar-refractivity contribution in [2.75, 3.05) is 13.1 Å². The molecule has 2 aromatic carbocycles. The van der Waals surface area contributed by atoms with E-state index < -0.39 is 15.6 Å². The molecule has 2 heterocycles. The summed E-state index contributed by atoms with van der Waals surface area (Å²) in [7, 11) is -3.67. The lowest BCUT2D eigenvalue weighted by atomic mass is 9.95. The van der Waals surface area contributed by atoms with Crippen LogP contribution in [0.25, 0.3) is 21.7 Å². The highest BCUT2D eigenvalue weighted by molar-refractivity contribution is 7.89. The van der Waals surface area contributed by atoms with E-state index in [0.717, 1.165) is 27.2 Å². The predicted octanol–water partition coefficient (Wildman–Crippen LogP) is 2.70. The zero-order chi connectivity index (χ0) is 22.1. The number of halogens is 1. The van der Waals surface area contributed by atoms with Gasteiger partial charge in [-0.1, -0.05) is 12.1 Å². The first-order valence-corrected chi connectivity index (χ1v) is 11.5. The van der Waals surface area contributed by atoms with Gasteiger partial charge in [-0.05, 0) is 55.1 Å². The van der Waals surface area contributed by atoms with Crippen molar-refractivity contribution < 1.29 is 13.5 Å². The van der Waals surface area contributed by atoms with Gasteiger partial charge in [-0.15, -0.1) is 12.4 Å². The van der Waals surface area contributed by atoms with E-state index in [1.807, 2.05) is 18.2 Å². The van der Waals surface area contributed by atoms with Crippen molar-refractivity contribution >= 4 is 44.1 Å². The van der Waals surface area contributed by atoms with Gasteiger partial charge in [0, 0.05) is 42.3 Å². The van der Waals surface area contributed by atoms with E-state index in [-0.39, 0.29) is 29.9 Å². The molecule has 1 unspecified atom stereocenters. The highest BCUT2D eigenvalue weighted by atomic mass is 35.5. The number of H-pyrrole nitrogens is 1. The lowest BCUT2D eigenvalue weighted by Gasteiger charge is -2.25. The van der Waals surface area contributed by atoms with Crippen LogP contribution < -0.4 is 10.0 Å². The summed E-state index contributed by atoms with van der Waals surface area (Å²) in [6, 6.07) is 12.0. The molecule has 0 bridgehead atoms. The van der Waals surface area contributed by atoms with Crippen LogP contribution in [0.4, 0.5) is 0 Å². The highest BCUT2D eigenvalue weighted by Gasteiger charge is 2.24. The number of fused-ring (bicyclic) bond motifs is 2. The van der Waals surface area contributed by atoms with Gasteiger partial charge >= 0.3 is 0 Å². The lowest BCUT2D eigenvalue weighted by molar-refractivity contribution is 0.0569. The molecule has 8 nitrogen and oxygen atoms in total. The second kappa shape index (κ2) is 9.51. The van der Waals surface area contributed by atoms with Crippen LogP contribution >= 0.6 is 12.4 Å². The van der Waals surface area contributed by atoms with Crippen LogP contribution in [0, 0.1) is 0 Å². The van der Waals surface area contributed by atoms with E-state index in [4.69, 9.17) is 0 Å². The number of benzene rings is 2. The number of rotatable bonds is 8. The predicted molar refractivity (Wildman–Crippen MR) is 127 cm³/mol. The minimum Gasteiger partial charge on any atom is -0.384 e. The van der Waals surface area contributed by atoms with E-state index in [0.29, 0.717) is 6.54 Å². The Morgan fingerprint density at radius 1 is 1.09 bits per heavy atom. The van der Waals surface area contributed by atoms with Gasteiger partial charge in [0.05, 0.1) is 22.2 Å². The fraction of sp³-hybridized carbons (Fsp3) is 0.273. The van der Waals surface area contributed by atoms with E-state index >= 15 is 0 Å². The Bertz CT molecular complexity index is 1320. The summed E-state index contributed by atoms with van der Waals surface area (Å²) < 4.78 is 28.2. The maximum Gasteiger partial charge on any atom is 0.240 e. The zero-order valence-corrected chi connectivity index (χ0v) is 19.4. The molecular weight excluding hydrogens is 450 g/mol. The molecule has 4 N–H and O–H groups in total. The largest absolute Gasteiger partial charge is 0.384 e. The van der Waals surface area contributed by atoms with Crippen LogP contribution in [0.5, 0.6) is 0 Å². The molecule has 0 spiro atoms. The van der Waals surface area contributed by atoms with Crippen LogP contribution in [0.2, 0.25) is 0 Å². The molecule has 0 aliphatic rings. The topological polar surface area (TPSA) is 120 Å². The van der Waals surface area contributed by atoms with Crippen LogP contribution in [0.15, 0.2) is 66.0 Å². The molecule has 4 rings (SSSR count). The monoisotopic (exact) mass is 475 g/mol. The van der Waals surface area contributed by atoms with Crippen molar-refractivity contribution in [3.63, 3.8) is 0 Å². The summed E-state index contributed by atoms with van der Waals surface area (Å²) in [5.41, 5.74) is 0.546. The number of hydrogen-bond acceptors (Lipinski definition) is 6. The molecule has 32 heavy (non-hydrogen) atoms. The van der Waals surface area contributed by atoms with Crippen molar-refractivity contribution in [3.05, 3.63) is 66.6 Å². The van der Waals surface area contributed by atoms with Crippen LogP contribution in [0.1, 0.15) is 19.4 Å². The number of aromatic amines is 1. The molecule has 10 heteroatoms. The zero-order valence-electron chi connectivity index (χ0n) is 17.7. The van der Waals surface area contributed by atoms with Crippen LogP contribution in [-0.2, 0) is 15.6 Å². The van der Waals surface area contributed by atoms with Gasteiger partial charge in [-0.25, -0.2) is 13.1 Å². The minimum atomic E-state index is -3.67. The normalized spacial score (nSPS) is 14.7. The Balaban J connectivity index is 0.00000289. The number of nitrogens with one attached hydrogen (secondary N) is 3. The number of aliphatic hydroxyl groups is 1. The first-order chi connectivity index (χ1) is 14.7. The Labute approximate surface area is 192 Å². The Hall–Kier alpha value is -2.56. The van der Waals surface area contributed by atoms with Gasteiger partial charge in [0.15, 0.2) is 0 Å². The van der Waals surface area contributed by atoms with Gasteiger partial charge in [-0.2, -0.15) is 5.10 Å². The molecule has 170 valence electrons. The first-order valence-electron chi connectivity index (χ1n) is 9.97. The average Bonchev–Trinajstić information content (AvgIpc) is 3.21. The standard InChI is InChI=1S/C22H25N5O3S.ClH/c1-15(27-31(29,30)20-5-3-17-12-23-8-7-16(17)10-20)11-24-14-22(2,28)19-4-6-21-18(9-19)13-25-26-21;/h3-10,12-13,15,24,27-28H,11,14H2,1-2H3,(H,25,26);1H/t15-,22?;/m1./s1. The highest BCUT2D eigenvalue weighted by Crippen LogP contribution is 2.23. The molecular formula is C22H26ClN5O3S. The number of nitrogens with zero attached hydrogens (tertiary/aromatic N) is 2. The van der Waals surface area contributed by atoms with E-state index in [2.05, 4.69) is 25.2 Å². The summed E-state index contributed by atoms with van der Waals surface area (Å²) in [5.74, 6) is 0. The third-order valence-corrected chi connectivity index (χ3v) is 6.85. The SMILES string of the molecule is C[C@H](CNCC(C)(O)c1ccc2[nH]ncc2c1)NS(=O)(=O)c1ccc2cnccc2c1.Cl. The fourth-order valence-corrected chi connectivity index (χ4v) is 4.79. The fourth-order valence-electron chi connectivity index (χ4n) is 3.51. The molecule has 2 atom stereocenters. The van der Waals surface area contributed by atoms with Gasteiger partial charge in [0.2, 0.25) is 10.0 Å². The first kappa shape index (κ1) is 24.1. The Morgan fingerprint density at radius 2 is 1.91 bits per heavy atom. The number of sulfonamides is 1. The molecule has 0 saturated heterocycles. The summed E-state index contributed by atoms with van der Waals surface area (Å²) >= 11 is 0. The van der Waals surface area contributed by atoms with Crippen molar-refractivity contribution in [3.8, 4) is 0 Å². The lowest BCUT2D eigenvalue weighted by Crippen LogP contribution is -2.44. The van der Waals surface area contributed by atoms with Gasteiger partial charge in [-0.3, -0.25) is 10.1 Å². The molecule has 0 aliphatic heterocycles. The smallest absolute Gasteiger partial charge is 0.240 e. The van der Waals surface area contributed by atoms with Crippen molar-refractivity contribution in [1.29, 1.82) is 0 Å². The Kier molecular flexibility index (Phi) is 7.16. The molecule has 0 aliphatic carbocycles. The number of aromatic nitrogens is 3. The average molecular weight is 476 g/mol. The summed E-state index contributed by atoms with van der Waals surface area (Å²) in [6.07, 6.45) is 5.04. The maximum atomic E-state index is 12.8. The molecule has 2 aromatic heterocycles. The van der Waals surface area contributed by atoms with Gasteiger partial charge in [0.25, 0.3) is 0 Å². The Morgan fingerprint density at radius 3 is 2.72 bits per heavy atom. The molecule has 0 amide bonds. The van der Waals surface area contributed by atoms with E-state index in [9.17, 15) is 13.5 Å². The maximum absolute atomic E-state index is 12.8. The summed E-state index contributed by atoms with van der Waals surface area (Å²) in [5, 5.41) is 23.5. The molecule has 0 saturated carbocycles. The van der Waals surface area contributed by atoms with Crippen molar-refractivity contribution in [1.82, 2.24) is 25.2 Å². The van der Waals surface area contributed by atoms with Gasteiger partial charge < -0.3 is 10.4 Å². The third-order valence-electron chi connectivity index (χ3n) is 5.26. The molecule has 4 aromatic rings. The van der Waals surface area contributed by atoms with Gasteiger partial charge in [0.1, 0.15) is 0 Å².